The molecule has 1 atom stereocenters. The maximum absolute atomic E-state index is 13.1. The van der Waals surface area contributed by atoms with Gasteiger partial charge >= 0.3 is 6.18 Å². The van der Waals surface area contributed by atoms with Gasteiger partial charge in [0, 0.05) is 44.8 Å². The number of nitrogens with zero attached hydrogens (tertiary/aromatic N) is 3. The van der Waals surface area contributed by atoms with Crippen LogP contribution in [0.15, 0.2) is 48.5 Å². The summed E-state index contributed by atoms with van der Waals surface area (Å²) in [6.07, 6.45) is -4.59. The second-order valence-electron chi connectivity index (χ2n) is 8.40. The number of para-hydroxylation sites is 1. The first-order valence-corrected chi connectivity index (χ1v) is 11.3. The van der Waals surface area contributed by atoms with Crippen molar-refractivity contribution in [3.8, 4) is 0 Å². The third-order valence-electron chi connectivity index (χ3n) is 5.89. The van der Waals surface area contributed by atoms with Crippen molar-refractivity contribution in [1.82, 2.24) is 14.7 Å². The van der Waals surface area contributed by atoms with Crippen molar-refractivity contribution in [2.45, 2.75) is 25.7 Å². The molecule has 6 nitrogen and oxygen atoms in total. The second kappa shape index (κ2) is 11.2. The second-order valence-corrected chi connectivity index (χ2v) is 8.84. The first-order valence-electron chi connectivity index (χ1n) is 11.0. The maximum atomic E-state index is 13.1. The summed E-state index contributed by atoms with van der Waals surface area (Å²) in [6, 6.07) is 12.0. The lowest BCUT2D eigenvalue weighted by Crippen LogP contribution is -2.54. The highest BCUT2D eigenvalue weighted by Crippen LogP contribution is 2.34. The first-order chi connectivity index (χ1) is 16.0. The highest BCUT2D eigenvalue weighted by Gasteiger charge is 2.34. The van der Waals surface area contributed by atoms with E-state index in [4.69, 9.17) is 11.6 Å². The molecule has 184 valence electrons. The number of likely N-dealkylation sites (N-methyl/N-ethyl adjacent to an activating group) is 1. The van der Waals surface area contributed by atoms with Crippen LogP contribution in [0.2, 0.25) is 5.02 Å². The van der Waals surface area contributed by atoms with Gasteiger partial charge in [-0.1, -0.05) is 35.9 Å². The van der Waals surface area contributed by atoms with Gasteiger partial charge in [0.1, 0.15) is 0 Å². The van der Waals surface area contributed by atoms with E-state index in [9.17, 15) is 22.8 Å². The Balaban J connectivity index is 1.49. The lowest BCUT2D eigenvalue weighted by atomic mass is 10.1. The number of halogens is 4. The van der Waals surface area contributed by atoms with Gasteiger partial charge in [-0.2, -0.15) is 13.2 Å². The smallest absolute Gasteiger partial charge is 0.335 e. The molecule has 0 spiro atoms. The van der Waals surface area contributed by atoms with Gasteiger partial charge in [0.2, 0.25) is 11.8 Å². The Morgan fingerprint density at radius 1 is 1.06 bits per heavy atom. The monoisotopic (exact) mass is 496 g/mol. The number of anilines is 1. The van der Waals surface area contributed by atoms with Crippen molar-refractivity contribution in [1.29, 1.82) is 0 Å². The Morgan fingerprint density at radius 2 is 1.68 bits per heavy atom. The van der Waals surface area contributed by atoms with Gasteiger partial charge in [0.05, 0.1) is 23.8 Å². The van der Waals surface area contributed by atoms with Crippen LogP contribution in [0.25, 0.3) is 0 Å². The fourth-order valence-electron chi connectivity index (χ4n) is 3.95. The van der Waals surface area contributed by atoms with Crippen molar-refractivity contribution < 1.29 is 22.8 Å². The van der Waals surface area contributed by atoms with E-state index in [1.807, 2.05) is 29.2 Å². The average molecular weight is 497 g/mol. The predicted molar refractivity (Wildman–Crippen MR) is 125 cm³/mol. The molecule has 1 fully saturated rings. The number of carbonyl (C=O) groups excluding carboxylic acids is 2. The van der Waals surface area contributed by atoms with Crippen molar-refractivity contribution in [3.05, 3.63) is 64.7 Å². The number of hydrogen-bond acceptors (Lipinski definition) is 4. The number of rotatable bonds is 7. The standard InChI is InChI=1S/C24H28ClF3N4O2/c1-17(32-13-11-31(12-14-32)15-18-7-9-19(25)10-8-18)23(34)30(2)16-22(33)29-21-6-4-3-5-20(21)24(26,27)28/h3-10,17H,11-16H2,1-2H3,(H,29,33). The fourth-order valence-corrected chi connectivity index (χ4v) is 4.08. The van der Waals surface area contributed by atoms with Gasteiger partial charge in [-0.05, 0) is 36.8 Å². The summed E-state index contributed by atoms with van der Waals surface area (Å²) in [4.78, 5) is 30.8. The van der Waals surface area contributed by atoms with Crippen LogP contribution in [-0.2, 0) is 22.3 Å². The quantitative estimate of drug-likeness (QED) is 0.630. The van der Waals surface area contributed by atoms with Crippen LogP contribution in [0, 0.1) is 0 Å². The molecule has 0 bridgehead atoms. The minimum Gasteiger partial charge on any atom is -0.335 e. The lowest BCUT2D eigenvalue weighted by Gasteiger charge is -2.38. The molecule has 1 aliphatic rings. The third kappa shape index (κ3) is 6.94. The van der Waals surface area contributed by atoms with Crippen LogP contribution in [0.1, 0.15) is 18.1 Å². The van der Waals surface area contributed by atoms with Gasteiger partial charge in [0.15, 0.2) is 0 Å². The fraction of sp³-hybridized carbons (Fsp3) is 0.417. The molecular weight excluding hydrogens is 469 g/mol. The Hall–Kier alpha value is -2.62. The van der Waals surface area contributed by atoms with Gasteiger partial charge in [-0.15, -0.1) is 0 Å². The predicted octanol–water partition coefficient (Wildman–Crippen LogP) is 3.96. The van der Waals surface area contributed by atoms with E-state index < -0.39 is 23.7 Å². The SMILES string of the molecule is CC(C(=O)N(C)CC(=O)Nc1ccccc1C(F)(F)F)N1CCN(Cc2ccc(Cl)cc2)CC1. The van der Waals surface area contributed by atoms with E-state index in [1.54, 1.807) is 6.92 Å². The molecule has 0 aliphatic carbocycles. The first kappa shape index (κ1) is 26.0. The summed E-state index contributed by atoms with van der Waals surface area (Å²) in [7, 11) is 1.48. The van der Waals surface area contributed by atoms with Gasteiger partial charge in [-0.3, -0.25) is 19.4 Å². The zero-order valence-electron chi connectivity index (χ0n) is 19.1. The van der Waals surface area contributed by atoms with E-state index in [0.29, 0.717) is 18.1 Å². The molecule has 2 aromatic rings. The summed E-state index contributed by atoms with van der Waals surface area (Å²) in [6.45, 7) is 5.21. The summed E-state index contributed by atoms with van der Waals surface area (Å²) < 4.78 is 39.4. The number of nitrogens with one attached hydrogen (secondary N) is 1. The van der Waals surface area contributed by atoms with Crippen molar-refractivity contribution in [2.75, 3.05) is 45.1 Å². The van der Waals surface area contributed by atoms with Crippen LogP contribution >= 0.6 is 11.6 Å². The summed E-state index contributed by atoms with van der Waals surface area (Å²) in [5, 5.41) is 2.97. The molecule has 34 heavy (non-hydrogen) atoms. The van der Waals surface area contributed by atoms with Crippen LogP contribution in [0.4, 0.5) is 18.9 Å². The van der Waals surface area contributed by atoms with Crippen molar-refractivity contribution >= 4 is 29.1 Å². The highest BCUT2D eigenvalue weighted by atomic mass is 35.5. The molecule has 2 aromatic carbocycles. The minimum absolute atomic E-state index is 0.259. The molecule has 1 N–H and O–H groups in total. The molecule has 1 heterocycles. The normalized spacial score (nSPS) is 16.2. The molecule has 0 radical (unpaired) electrons. The van der Waals surface area contributed by atoms with Crippen molar-refractivity contribution in [2.24, 2.45) is 0 Å². The van der Waals surface area contributed by atoms with E-state index >= 15 is 0 Å². The lowest BCUT2D eigenvalue weighted by molar-refractivity contribution is -0.139. The zero-order valence-corrected chi connectivity index (χ0v) is 19.9. The van der Waals surface area contributed by atoms with E-state index in [0.717, 1.165) is 25.7 Å². The summed E-state index contributed by atoms with van der Waals surface area (Å²) in [5.74, 6) is -0.946. The van der Waals surface area contributed by atoms with Crippen LogP contribution < -0.4 is 5.32 Å². The van der Waals surface area contributed by atoms with E-state index in [1.165, 1.54) is 35.7 Å². The van der Waals surface area contributed by atoms with Crippen LogP contribution in [-0.4, -0.2) is 72.3 Å². The highest BCUT2D eigenvalue weighted by molar-refractivity contribution is 6.30. The van der Waals surface area contributed by atoms with E-state index in [-0.39, 0.29) is 18.1 Å². The zero-order chi connectivity index (χ0) is 24.9. The number of amides is 2. The summed E-state index contributed by atoms with van der Waals surface area (Å²) in [5.41, 5.74) is -0.0901. The minimum atomic E-state index is -4.59. The van der Waals surface area contributed by atoms with Crippen molar-refractivity contribution in [3.63, 3.8) is 0 Å². The Morgan fingerprint density at radius 3 is 2.29 bits per heavy atom. The van der Waals surface area contributed by atoms with Crippen LogP contribution in [0.3, 0.4) is 0 Å². The molecule has 0 aromatic heterocycles. The molecule has 10 heteroatoms. The number of hydrogen-bond donors (Lipinski definition) is 1. The number of alkyl halides is 3. The molecule has 1 saturated heterocycles. The Kier molecular flexibility index (Phi) is 8.57. The van der Waals surface area contributed by atoms with Gasteiger partial charge in [0.25, 0.3) is 0 Å². The Labute approximate surface area is 202 Å². The maximum Gasteiger partial charge on any atom is 0.418 e. The molecule has 1 unspecified atom stereocenters. The average Bonchev–Trinajstić information content (AvgIpc) is 2.79. The number of benzene rings is 2. The van der Waals surface area contributed by atoms with Crippen LogP contribution in [0.5, 0.6) is 0 Å². The molecule has 0 saturated carbocycles. The van der Waals surface area contributed by atoms with Gasteiger partial charge < -0.3 is 10.2 Å². The summed E-state index contributed by atoms with van der Waals surface area (Å²) >= 11 is 5.93. The van der Waals surface area contributed by atoms with E-state index in [2.05, 4.69) is 10.2 Å². The van der Waals surface area contributed by atoms with Gasteiger partial charge in [-0.25, -0.2) is 0 Å². The number of carbonyl (C=O) groups is 2. The molecule has 2 amide bonds. The third-order valence-corrected chi connectivity index (χ3v) is 6.15. The molecule has 3 rings (SSSR count). The number of piperazine rings is 1. The topological polar surface area (TPSA) is 55.9 Å². The molecular formula is C24H28ClF3N4O2. The molecule has 1 aliphatic heterocycles. The largest absolute Gasteiger partial charge is 0.418 e. The Bertz CT molecular complexity index is 992.